The third-order valence-electron chi connectivity index (χ3n) is 4.83. The number of methoxy groups -OCH3 is 2. The summed E-state index contributed by atoms with van der Waals surface area (Å²) < 4.78 is 15.9. The molecule has 0 bridgehead atoms. The lowest BCUT2D eigenvalue weighted by Crippen LogP contribution is -2.34. The molecule has 0 radical (unpaired) electrons. The van der Waals surface area contributed by atoms with Crippen molar-refractivity contribution in [2.24, 2.45) is 0 Å². The van der Waals surface area contributed by atoms with Crippen LogP contribution in [0, 0.1) is 0 Å². The molecule has 0 spiro atoms. The molecule has 2 fully saturated rings. The van der Waals surface area contributed by atoms with Crippen LogP contribution in [0.3, 0.4) is 0 Å². The second-order valence-corrected chi connectivity index (χ2v) is 6.62. The van der Waals surface area contributed by atoms with E-state index in [-0.39, 0.29) is 12.1 Å². The van der Waals surface area contributed by atoms with Crippen LogP contribution in [-0.2, 0) is 0 Å². The fourth-order valence-electron chi connectivity index (χ4n) is 3.27. The minimum Gasteiger partial charge on any atom is -0.493 e. The lowest BCUT2D eigenvalue weighted by atomic mass is 10.2. The second-order valence-electron chi connectivity index (χ2n) is 6.62. The molecular formula is C18H22N4O4. The Labute approximate surface area is 151 Å². The molecule has 2 heterocycles. The van der Waals surface area contributed by atoms with E-state index in [1.54, 1.807) is 37.3 Å². The maximum absolute atomic E-state index is 12.8. The van der Waals surface area contributed by atoms with Crippen LogP contribution in [0.2, 0.25) is 0 Å². The average molecular weight is 358 g/mol. The van der Waals surface area contributed by atoms with E-state index in [4.69, 9.17) is 14.0 Å². The van der Waals surface area contributed by atoms with Crippen molar-refractivity contribution in [3.8, 4) is 11.5 Å². The highest BCUT2D eigenvalue weighted by Gasteiger charge is 2.36. The van der Waals surface area contributed by atoms with Crippen molar-refractivity contribution in [2.45, 2.75) is 37.6 Å². The first kappa shape index (κ1) is 16.7. The van der Waals surface area contributed by atoms with Gasteiger partial charge in [0, 0.05) is 24.2 Å². The number of likely N-dealkylation sites (tertiary alicyclic amines) is 1. The normalized spacial score (nSPS) is 19.5. The van der Waals surface area contributed by atoms with Crippen molar-refractivity contribution in [3.05, 3.63) is 29.9 Å². The van der Waals surface area contributed by atoms with Crippen LogP contribution in [0.25, 0.3) is 0 Å². The molecule has 138 valence electrons. The first-order valence-corrected chi connectivity index (χ1v) is 8.82. The third kappa shape index (κ3) is 3.18. The van der Waals surface area contributed by atoms with Crippen LogP contribution in [-0.4, -0.2) is 41.8 Å². The van der Waals surface area contributed by atoms with E-state index in [0.29, 0.717) is 35.5 Å². The number of ether oxygens (including phenoxy) is 2. The van der Waals surface area contributed by atoms with E-state index >= 15 is 0 Å². The second kappa shape index (κ2) is 6.86. The number of nitrogens with one attached hydrogen (secondary N) is 1. The fourth-order valence-corrected chi connectivity index (χ4v) is 3.27. The minimum atomic E-state index is -0.189. The van der Waals surface area contributed by atoms with Crippen molar-refractivity contribution in [1.29, 1.82) is 0 Å². The van der Waals surface area contributed by atoms with E-state index in [1.807, 2.05) is 0 Å². The molecule has 2 amide bonds. The van der Waals surface area contributed by atoms with Gasteiger partial charge in [-0.3, -0.25) is 0 Å². The molecule has 1 saturated heterocycles. The fraction of sp³-hybridized carbons (Fsp3) is 0.500. The molecule has 26 heavy (non-hydrogen) atoms. The van der Waals surface area contributed by atoms with Gasteiger partial charge in [0.05, 0.1) is 14.2 Å². The van der Waals surface area contributed by atoms with Crippen molar-refractivity contribution in [2.75, 3.05) is 26.1 Å². The summed E-state index contributed by atoms with van der Waals surface area (Å²) in [6.45, 7) is 0.658. The number of hydrogen-bond donors (Lipinski definition) is 1. The number of hydrogen-bond acceptors (Lipinski definition) is 6. The van der Waals surface area contributed by atoms with Crippen LogP contribution in [0.4, 0.5) is 10.5 Å². The molecule has 8 heteroatoms. The number of urea groups is 1. The maximum Gasteiger partial charge on any atom is 0.322 e. The lowest BCUT2D eigenvalue weighted by Gasteiger charge is -2.22. The molecule has 1 N–H and O–H groups in total. The summed E-state index contributed by atoms with van der Waals surface area (Å²) in [5.41, 5.74) is 0.641. The first-order valence-electron chi connectivity index (χ1n) is 8.82. The van der Waals surface area contributed by atoms with Gasteiger partial charge in [0.1, 0.15) is 6.04 Å². The first-order chi connectivity index (χ1) is 12.7. The van der Waals surface area contributed by atoms with Gasteiger partial charge >= 0.3 is 6.03 Å². The molecule has 1 saturated carbocycles. The number of aromatic nitrogens is 2. The van der Waals surface area contributed by atoms with Crippen molar-refractivity contribution >= 4 is 11.7 Å². The molecule has 2 aliphatic rings. The summed E-state index contributed by atoms with van der Waals surface area (Å²) in [6.07, 6.45) is 3.97. The topological polar surface area (TPSA) is 89.7 Å². The van der Waals surface area contributed by atoms with Gasteiger partial charge in [0.2, 0.25) is 5.89 Å². The summed E-state index contributed by atoms with van der Waals surface area (Å²) in [4.78, 5) is 19.0. The van der Waals surface area contributed by atoms with E-state index in [1.165, 1.54) is 0 Å². The van der Waals surface area contributed by atoms with Gasteiger partial charge in [-0.1, -0.05) is 5.16 Å². The van der Waals surface area contributed by atoms with E-state index in [9.17, 15) is 4.79 Å². The zero-order valence-corrected chi connectivity index (χ0v) is 14.9. The molecule has 8 nitrogen and oxygen atoms in total. The van der Waals surface area contributed by atoms with Crippen LogP contribution in [0.15, 0.2) is 22.7 Å². The molecule has 1 aliphatic heterocycles. The summed E-state index contributed by atoms with van der Waals surface area (Å²) in [5.74, 6) is 2.92. The zero-order valence-electron chi connectivity index (χ0n) is 14.9. The van der Waals surface area contributed by atoms with Crippen LogP contribution < -0.4 is 14.8 Å². The van der Waals surface area contributed by atoms with Gasteiger partial charge in [-0.05, 0) is 37.8 Å². The largest absolute Gasteiger partial charge is 0.493 e. The summed E-state index contributed by atoms with van der Waals surface area (Å²) >= 11 is 0. The number of rotatable bonds is 5. The summed E-state index contributed by atoms with van der Waals surface area (Å²) in [5, 5.41) is 6.98. The summed E-state index contributed by atoms with van der Waals surface area (Å²) in [6, 6.07) is 4.92. The SMILES string of the molecule is COc1ccc(NC(=O)N2CCCC2c2nc(C3CC3)no2)cc1OC. The van der Waals surface area contributed by atoms with Gasteiger partial charge in [0.25, 0.3) is 0 Å². The average Bonchev–Trinajstić information content (AvgIpc) is 3.19. The third-order valence-corrected chi connectivity index (χ3v) is 4.83. The molecule has 1 aliphatic carbocycles. The Balaban J connectivity index is 1.47. The number of carbonyl (C=O) groups is 1. The van der Waals surface area contributed by atoms with Gasteiger partial charge in [0.15, 0.2) is 17.3 Å². The monoisotopic (exact) mass is 358 g/mol. The predicted molar refractivity (Wildman–Crippen MR) is 93.5 cm³/mol. The highest BCUT2D eigenvalue weighted by molar-refractivity contribution is 5.90. The maximum atomic E-state index is 12.8. The Morgan fingerprint density at radius 3 is 2.77 bits per heavy atom. The Morgan fingerprint density at radius 1 is 1.23 bits per heavy atom. The van der Waals surface area contributed by atoms with Crippen molar-refractivity contribution < 1.29 is 18.8 Å². The molecule has 1 atom stereocenters. The summed E-state index contributed by atoms with van der Waals surface area (Å²) in [7, 11) is 3.14. The highest BCUT2D eigenvalue weighted by atomic mass is 16.5. The Bertz CT molecular complexity index is 802. The predicted octanol–water partition coefficient (Wildman–Crippen LogP) is 3.33. The van der Waals surface area contributed by atoms with E-state index in [0.717, 1.165) is 31.5 Å². The van der Waals surface area contributed by atoms with Gasteiger partial charge in [-0.15, -0.1) is 0 Å². The molecule has 1 aromatic heterocycles. The Kier molecular flexibility index (Phi) is 4.40. The van der Waals surface area contributed by atoms with Crippen molar-refractivity contribution in [1.82, 2.24) is 15.0 Å². The quantitative estimate of drug-likeness (QED) is 0.882. The standard InChI is InChI=1S/C18H22N4O4/c1-24-14-8-7-12(10-15(14)25-2)19-18(23)22-9-3-4-13(22)17-20-16(21-26-17)11-5-6-11/h7-8,10-11,13H,3-6,9H2,1-2H3,(H,19,23). The molecule has 4 rings (SSSR count). The van der Waals surface area contributed by atoms with Crippen molar-refractivity contribution in [3.63, 3.8) is 0 Å². The van der Waals surface area contributed by atoms with Crippen LogP contribution in [0.5, 0.6) is 11.5 Å². The molecule has 1 unspecified atom stereocenters. The number of benzene rings is 1. The van der Waals surface area contributed by atoms with Crippen LogP contribution >= 0.6 is 0 Å². The van der Waals surface area contributed by atoms with Crippen LogP contribution in [0.1, 0.15) is 49.4 Å². The van der Waals surface area contributed by atoms with E-state index < -0.39 is 0 Å². The smallest absolute Gasteiger partial charge is 0.322 e. The van der Waals surface area contributed by atoms with E-state index in [2.05, 4.69) is 15.5 Å². The number of carbonyl (C=O) groups excluding carboxylic acids is 1. The van der Waals surface area contributed by atoms with Gasteiger partial charge in [-0.2, -0.15) is 4.98 Å². The highest BCUT2D eigenvalue weighted by Crippen LogP contribution is 2.40. The van der Waals surface area contributed by atoms with Gasteiger partial charge < -0.3 is 24.2 Å². The number of nitrogens with zero attached hydrogens (tertiary/aromatic N) is 3. The lowest BCUT2D eigenvalue weighted by molar-refractivity contribution is 0.193. The Hall–Kier alpha value is -2.77. The molecule has 2 aromatic rings. The van der Waals surface area contributed by atoms with Gasteiger partial charge in [-0.25, -0.2) is 4.79 Å². The zero-order chi connectivity index (χ0) is 18.1. The minimum absolute atomic E-state index is 0.171. The molecule has 1 aromatic carbocycles. The Morgan fingerprint density at radius 2 is 2.04 bits per heavy atom. The number of anilines is 1. The molecular weight excluding hydrogens is 336 g/mol. The number of amides is 2.